The van der Waals surface area contributed by atoms with Crippen LogP contribution in [0.5, 0.6) is 5.75 Å². The van der Waals surface area contributed by atoms with Crippen LogP contribution >= 0.6 is 0 Å². The maximum absolute atomic E-state index is 12.7. The van der Waals surface area contributed by atoms with Crippen molar-refractivity contribution in [1.29, 1.82) is 0 Å². The number of nitrogens with zero attached hydrogens (tertiary/aromatic N) is 3. The quantitative estimate of drug-likeness (QED) is 0.735. The number of benzene rings is 1. The van der Waals surface area contributed by atoms with Crippen molar-refractivity contribution in [1.82, 2.24) is 19.9 Å². The Morgan fingerprint density at radius 3 is 2.92 bits per heavy atom. The van der Waals surface area contributed by atoms with Crippen molar-refractivity contribution in [3.8, 4) is 5.75 Å². The van der Waals surface area contributed by atoms with Crippen LogP contribution in [0.3, 0.4) is 0 Å². The van der Waals surface area contributed by atoms with Gasteiger partial charge in [0, 0.05) is 24.0 Å². The largest absolute Gasteiger partial charge is 0.496 e. The van der Waals surface area contributed by atoms with Crippen molar-refractivity contribution in [3.05, 3.63) is 59.0 Å². The molecule has 2 aromatic heterocycles. The number of rotatable bonds is 4. The number of methoxy groups -OCH3 is 1. The third-order valence-corrected chi connectivity index (χ3v) is 4.95. The number of nitrogens with one attached hydrogen (secondary N) is 1. The van der Waals surface area contributed by atoms with E-state index < -0.39 is 0 Å². The normalized spacial score (nSPS) is 13.9. The zero-order valence-corrected chi connectivity index (χ0v) is 14.9. The summed E-state index contributed by atoms with van der Waals surface area (Å²) in [6, 6.07) is 7.65. The monoisotopic (exact) mass is 350 g/mol. The molecule has 4 rings (SSSR count). The third-order valence-electron chi connectivity index (χ3n) is 4.95. The van der Waals surface area contributed by atoms with Crippen molar-refractivity contribution in [3.63, 3.8) is 0 Å². The SMILES string of the molecule is COc1ccccc1CNC(=O)c1cnn2c3c(cnc12)CCCCC3. The highest BCUT2D eigenvalue weighted by atomic mass is 16.5. The molecular formula is C20H22N4O2. The molecule has 0 saturated heterocycles. The lowest BCUT2D eigenvalue weighted by molar-refractivity contribution is 0.0952. The van der Waals surface area contributed by atoms with Crippen molar-refractivity contribution in [2.75, 3.05) is 7.11 Å². The maximum atomic E-state index is 12.7. The summed E-state index contributed by atoms with van der Waals surface area (Å²) in [6.07, 6.45) is 9.12. The molecule has 0 unspecified atom stereocenters. The predicted molar refractivity (Wildman–Crippen MR) is 98.4 cm³/mol. The number of hydrogen-bond acceptors (Lipinski definition) is 4. The Morgan fingerprint density at radius 1 is 1.19 bits per heavy atom. The summed E-state index contributed by atoms with van der Waals surface area (Å²) in [5, 5.41) is 7.40. The van der Waals surface area contributed by atoms with Gasteiger partial charge in [0.15, 0.2) is 5.65 Å². The van der Waals surface area contributed by atoms with Gasteiger partial charge in [-0.05, 0) is 37.3 Å². The topological polar surface area (TPSA) is 68.5 Å². The third kappa shape index (κ3) is 3.03. The summed E-state index contributed by atoms with van der Waals surface area (Å²) < 4.78 is 7.18. The van der Waals surface area contributed by atoms with Gasteiger partial charge in [-0.1, -0.05) is 24.6 Å². The van der Waals surface area contributed by atoms with E-state index in [2.05, 4.69) is 15.4 Å². The zero-order chi connectivity index (χ0) is 17.9. The van der Waals surface area contributed by atoms with Crippen LogP contribution in [0.25, 0.3) is 5.65 Å². The van der Waals surface area contributed by atoms with Gasteiger partial charge >= 0.3 is 0 Å². The summed E-state index contributed by atoms with van der Waals surface area (Å²) in [5.41, 5.74) is 4.51. The van der Waals surface area contributed by atoms with E-state index in [0.29, 0.717) is 17.8 Å². The number of carbonyl (C=O) groups excluding carboxylic acids is 1. The highest BCUT2D eigenvalue weighted by Gasteiger charge is 2.19. The molecule has 1 aliphatic carbocycles. The number of para-hydroxylation sites is 1. The second kappa shape index (κ2) is 7.15. The second-order valence-electron chi connectivity index (χ2n) is 6.58. The molecule has 2 heterocycles. The van der Waals surface area contributed by atoms with Gasteiger partial charge in [0.1, 0.15) is 11.3 Å². The minimum Gasteiger partial charge on any atom is -0.496 e. The van der Waals surface area contributed by atoms with Crippen molar-refractivity contribution >= 4 is 11.6 Å². The summed E-state index contributed by atoms with van der Waals surface area (Å²) in [5.74, 6) is 0.586. The fourth-order valence-corrected chi connectivity index (χ4v) is 3.55. The second-order valence-corrected chi connectivity index (χ2v) is 6.58. The van der Waals surface area contributed by atoms with Crippen molar-refractivity contribution < 1.29 is 9.53 Å². The van der Waals surface area contributed by atoms with Crippen LogP contribution in [-0.4, -0.2) is 27.6 Å². The Morgan fingerprint density at radius 2 is 2.04 bits per heavy atom. The van der Waals surface area contributed by atoms with E-state index in [1.165, 1.54) is 24.1 Å². The van der Waals surface area contributed by atoms with E-state index in [1.54, 1.807) is 13.3 Å². The van der Waals surface area contributed by atoms with Crippen LogP contribution in [0, 0.1) is 0 Å². The van der Waals surface area contributed by atoms with E-state index in [4.69, 9.17) is 4.74 Å². The van der Waals surface area contributed by atoms with E-state index >= 15 is 0 Å². The molecule has 0 spiro atoms. The number of aromatic nitrogens is 3. The standard InChI is InChI=1S/C20H22N4O2/c1-26-18-10-6-5-8-15(18)12-22-20(25)16-13-23-24-17-9-4-2-3-7-14(17)11-21-19(16)24/h5-6,8,10-11,13H,2-4,7,9,12H2,1H3,(H,22,25). The van der Waals surface area contributed by atoms with Gasteiger partial charge in [0.2, 0.25) is 0 Å². The molecule has 3 aromatic rings. The Balaban J connectivity index is 1.58. The lowest BCUT2D eigenvalue weighted by atomic mass is 10.1. The summed E-state index contributed by atoms with van der Waals surface area (Å²) in [4.78, 5) is 17.2. The highest BCUT2D eigenvalue weighted by molar-refractivity contribution is 5.99. The molecular weight excluding hydrogens is 328 g/mol. The first-order valence-corrected chi connectivity index (χ1v) is 9.02. The maximum Gasteiger partial charge on any atom is 0.257 e. The molecule has 26 heavy (non-hydrogen) atoms. The minimum absolute atomic E-state index is 0.174. The number of aryl methyl sites for hydroxylation is 2. The van der Waals surface area contributed by atoms with Crippen LogP contribution in [0.1, 0.15) is 46.4 Å². The number of ether oxygens (including phenoxy) is 1. The Bertz CT molecular complexity index is 948. The summed E-state index contributed by atoms with van der Waals surface area (Å²) in [7, 11) is 1.63. The molecule has 6 nitrogen and oxygen atoms in total. The molecule has 1 N–H and O–H groups in total. The van der Waals surface area contributed by atoms with Gasteiger partial charge in [-0.25, -0.2) is 9.50 Å². The minimum atomic E-state index is -0.174. The van der Waals surface area contributed by atoms with Gasteiger partial charge < -0.3 is 10.1 Å². The van der Waals surface area contributed by atoms with Gasteiger partial charge in [0.25, 0.3) is 5.91 Å². The molecule has 0 atom stereocenters. The number of hydrogen-bond donors (Lipinski definition) is 1. The molecule has 1 aromatic carbocycles. The first kappa shape index (κ1) is 16.6. The average Bonchev–Trinajstić information content (AvgIpc) is 2.96. The Labute approximate surface area is 152 Å². The molecule has 0 radical (unpaired) electrons. The van der Waals surface area contributed by atoms with Crippen LogP contribution in [0.2, 0.25) is 0 Å². The molecule has 0 bridgehead atoms. The number of carbonyl (C=O) groups is 1. The van der Waals surface area contributed by atoms with Crippen LogP contribution in [0.15, 0.2) is 36.7 Å². The fraction of sp³-hybridized carbons (Fsp3) is 0.350. The summed E-state index contributed by atoms with van der Waals surface area (Å²) in [6.45, 7) is 0.394. The van der Waals surface area contributed by atoms with Crippen LogP contribution in [0.4, 0.5) is 0 Å². The van der Waals surface area contributed by atoms with Crippen LogP contribution < -0.4 is 10.1 Å². The lowest BCUT2D eigenvalue weighted by Crippen LogP contribution is -2.23. The molecule has 1 aliphatic rings. The van der Waals surface area contributed by atoms with Crippen LogP contribution in [-0.2, 0) is 19.4 Å². The predicted octanol–water partition coefficient (Wildman–Crippen LogP) is 2.94. The fourth-order valence-electron chi connectivity index (χ4n) is 3.55. The summed E-state index contributed by atoms with van der Waals surface area (Å²) >= 11 is 0. The molecule has 6 heteroatoms. The van der Waals surface area contributed by atoms with E-state index in [9.17, 15) is 4.79 Å². The van der Waals surface area contributed by atoms with Gasteiger partial charge in [0.05, 0.1) is 13.3 Å². The Hall–Kier alpha value is -2.89. The molecule has 0 fully saturated rings. The van der Waals surface area contributed by atoms with Crippen molar-refractivity contribution in [2.45, 2.75) is 38.6 Å². The number of fused-ring (bicyclic) bond motifs is 3. The zero-order valence-electron chi connectivity index (χ0n) is 14.9. The van der Waals surface area contributed by atoms with Crippen molar-refractivity contribution in [2.24, 2.45) is 0 Å². The Kier molecular flexibility index (Phi) is 4.56. The number of amides is 1. The van der Waals surface area contributed by atoms with E-state index in [0.717, 1.165) is 30.6 Å². The van der Waals surface area contributed by atoms with Gasteiger partial charge in [-0.15, -0.1) is 0 Å². The molecule has 1 amide bonds. The first-order valence-electron chi connectivity index (χ1n) is 9.02. The molecule has 134 valence electrons. The molecule has 0 aliphatic heterocycles. The average molecular weight is 350 g/mol. The molecule has 0 saturated carbocycles. The van der Waals surface area contributed by atoms with E-state index in [1.807, 2.05) is 35.0 Å². The smallest absolute Gasteiger partial charge is 0.257 e. The van der Waals surface area contributed by atoms with E-state index in [-0.39, 0.29) is 5.91 Å². The highest BCUT2D eigenvalue weighted by Crippen LogP contribution is 2.22. The van der Waals surface area contributed by atoms with Gasteiger partial charge in [-0.2, -0.15) is 5.10 Å². The first-order chi connectivity index (χ1) is 12.8. The van der Waals surface area contributed by atoms with Gasteiger partial charge in [-0.3, -0.25) is 4.79 Å². The lowest BCUT2D eigenvalue weighted by Gasteiger charge is -2.10.